The summed E-state index contributed by atoms with van der Waals surface area (Å²) in [5.41, 5.74) is 1.93. The van der Waals surface area contributed by atoms with Gasteiger partial charge in [-0.05, 0) is 23.8 Å². The van der Waals surface area contributed by atoms with Gasteiger partial charge in [0, 0.05) is 12.6 Å². The summed E-state index contributed by atoms with van der Waals surface area (Å²) in [6.07, 6.45) is 1.65. The van der Waals surface area contributed by atoms with E-state index in [0.29, 0.717) is 28.5 Å². The number of aromatic nitrogens is 3. The van der Waals surface area contributed by atoms with Crippen LogP contribution in [0.25, 0.3) is 23.0 Å². The number of nitrogens with zero attached hydrogens (tertiary/aromatic N) is 4. The molecule has 0 atom stereocenters. The Morgan fingerprint density at radius 3 is 2.60 bits per heavy atom. The highest BCUT2D eigenvalue weighted by Gasteiger charge is 2.14. The molecule has 1 aromatic heterocycles. The molecule has 0 saturated carbocycles. The van der Waals surface area contributed by atoms with Gasteiger partial charge >= 0.3 is 0 Å². The van der Waals surface area contributed by atoms with E-state index in [1.54, 1.807) is 22.8 Å². The van der Waals surface area contributed by atoms with E-state index >= 15 is 0 Å². The molecule has 0 unspecified atom stereocenters. The lowest BCUT2D eigenvalue weighted by atomic mass is 10.1. The summed E-state index contributed by atoms with van der Waals surface area (Å²) in [6.45, 7) is 0. The predicted octanol–water partition coefficient (Wildman–Crippen LogP) is 3.26. The average molecular weight is 332 g/mol. The standard InChI is InChI=1S/C19H16N4O2/c1-23-18(14-6-4-3-5-7-14)21-22-19(23)15(12-20)10-13-8-9-17(25-2)16(24)11-13/h3-11,24H,1-2H3/b15-10-. The van der Waals surface area contributed by atoms with Gasteiger partial charge in [-0.25, -0.2) is 0 Å². The second-order valence-electron chi connectivity index (χ2n) is 5.37. The van der Waals surface area contributed by atoms with Gasteiger partial charge in [0.1, 0.15) is 6.07 Å². The van der Waals surface area contributed by atoms with Crippen LogP contribution in [0.15, 0.2) is 48.5 Å². The Bertz CT molecular complexity index is 969. The number of aromatic hydroxyl groups is 1. The summed E-state index contributed by atoms with van der Waals surface area (Å²) in [7, 11) is 3.30. The van der Waals surface area contributed by atoms with Gasteiger partial charge in [-0.1, -0.05) is 36.4 Å². The molecule has 0 fully saturated rings. The van der Waals surface area contributed by atoms with Gasteiger partial charge in [-0.2, -0.15) is 5.26 Å². The van der Waals surface area contributed by atoms with Crippen molar-refractivity contribution in [1.82, 2.24) is 14.8 Å². The molecule has 0 spiro atoms. The molecular formula is C19H16N4O2. The first-order valence-electron chi connectivity index (χ1n) is 7.58. The fourth-order valence-corrected chi connectivity index (χ4v) is 2.51. The quantitative estimate of drug-likeness (QED) is 0.741. The zero-order valence-corrected chi connectivity index (χ0v) is 13.8. The Balaban J connectivity index is 2.01. The lowest BCUT2D eigenvalue weighted by Crippen LogP contribution is -1.98. The number of allylic oxidation sites excluding steroid dienone is 1. The molecule has 0 bridgehead atoms. The summed E-state index contributed by atoms with van der Waals surface area (Å²) < 4.78 is 6.80. The van der Waals surface area contributed by atoms with Crippen LogP contribution in [-0.2, 0) is 7.05 Å². The Morgan fingerprint density at radius 2 is 1.96 bits per heavy atom. The number of ether oxygens (including phenoxy) is 1. The van der Waals surface area contributed by atoms with Gasteiger partial charge in [-0.15, -0.1) is 10.2 Å². The van der Waals surface area contributed by atoms with Crippen LogP contribution in [0, 0.1) is 11.3 Å². The van der Waals surface area contributed by atoms with Crippen molar-refractivity contribution in [2.24, 2.45) is 7.05 Å². The third-order valence-electron chi connectivity index (χ3n) is 3.78. The highest BCUT2D eigenvalue weighted by Crippen LogP contribution is 2.28. The molecule has 6 heteroatoms. The maximum Gasteiger partial charge on any atom is 0.174 e. The zero-order chi connectivity index (χ0) is 17.8. The van der Waals surface area contributed by atoms with Gasteiger partial charge in [-0.3, -0.25) is 0 Å². The highest BCUT2D eigenvalue weighted by atomic mass is 16.5. The second kappa shape index (κ2) is 6.89. The summed E-state index contributed by atoms with van der Waals surface area (Å²) in [4.78, 5) is 0. The molecule has 3 aromatic rings. The molecule has 124 valence electrons. The first-order valence-corrected chi connectivity index (χ1v) is 7.58. The molecule has 0 saturated heterocycles. The van der Waals surface area contributed by atoms with E-state index in [1.807, 2.05) is 37.4 Å². The number of hydrogen-bond acceptors (Lipinski definition) is 5. The van der Waals surface area contributed by atoms with Crippen molar-refractivity contribution in [3.8, 4) is 29.0 Å². The van der Waals surface area contributed by atoms with Crippen molar-refractivity contribution in [2.45, 2.75) is 0 Å². The number of phenolic OH excluding ortho intramolecular Hbond substituents is 1. The van der Waals surface area contributed by atoms with Crippen molar-refractivity contribution < 1.29 is 9.84 Å². The van der Waals surface area contributed by atoms with E-state index < -0.39 is 0 Å². The Kier molecular flexibility index (Phi) is 4.48. The maximum atomic E-state index is 9.88. The fourth-order valence-electron chi connectivity index (χ4n) is 2.51. The minimum atomic E-state index is 0.0106. The van der Waals surface area contributed by atoms with E-state index in [1.165, 1.54) is 13.2 Å². The Morgan fingerprint density at radius 1 is 1.20 bits per heavy atom. The van der Waals surface area contributed by atoms with Gasteiger partial charge in [0.05, 0.1) is 12.7 Å². The van der Waals surface area contributed by atoms with Crippen LogP contribution in [0.3, 0.4) is 0 Å². The van der Waals surface area contributed by atoms with Crippen LogP contribution in [-0.4, -0.2) is 27.0 Å². The highest BCUT2D eigenvalue weighted by molar-refractivity contribution is 5.88. The molecule has 1 heterocycles. The summed E-state index contributed by atoms with van der Waals surface area (Å²) in [5, 5.41) is 27.8. The Labute approximate surface area is 145 Å². The molecule has 1 N–H and O–H groups in total. The van der Waals surface area contributed by atoms with Crippen molar-refractivity contribution in [2.75, 3.05) is 7.11 Å². The summed E-state index contributed by atoms with van der Waals surface area (Å²) in [5.74, 6) is 1.52. The number of hydrogen-bond donors (Lipinski definition) is 1. The predicted molar refractivity (Wildman–Crippen MR) is 94.6 cm³/mol. The first-order chi connectivity index (χ1) is 12.1. The van der Waals surface area contributed by atoms with Crippen molar-refractivity contribution >= 4 is 11.6 Å². The topological polar surface area (TPSA) is 84.0 Å². The molecule has 0 aliphatic rings. The normalized spacial score (nSPS) is 11.2. The molecule has 25 heavy (non-hydrogen) atoms. The number of nitriles is 1. The largest absolute Gasteiger partial charge is 0.504 e. The van der Waals surface area contributed by atoms with E-state index in [2.05, 4.69) is 16.3 Å². The minimum absolute atomic E-state index is 0.0106. The number of phenols is 1. The maximum absolute atomic E-state index is 9.88. The van der Waals surface area contributed by atoms with Crippen molar-refractivity contribution in [3.05, 3.63) is 59.9 Å². The van der Waals surface area contributed by atoms with Crippen LogP contribution in [0.1, 0.15) is 11.4 Å². The van der Waals surface area contributed by atoms with Crippen molar-refractivity contribution in [1.29, 1.82) is 5.26 Å². The number of methoxy groups -OCH3 is 1. The van der Waals surface area contributed by atoms with Crippen LogP contribution >= 0.6 is 0 Å². The van der Waals surface area contributed by atoms with Crippen LogP contribution < -0.4 is 4.74 Å². The smallest absolute Gasteiger partial charge is 0.174 e. The average Bonchev–Trinajstić information content (AvgIpc) is 3.02. The molecule has 0 aliphatic carbocycles. The summed E-state index contributed by atoms with van der Waals surface area (Å²) in [6, 6.07) is 16.7. The van der Waals surface area contributed by atoms with E-state index in [0.717, 1.165) is 5.56 Å². The number of rotatable bonds is 4. The fraction of sp³-hybridized carbons (Fsp3) is 0.105. The van der Waals surface area contributed by atoms with Gasteiger partial charge in [0.15, 0.2) is 23.1 Å². The van der Waals surface area contributed by atoms with Gasteiger partial charge in [0.25, 0.3) is 0 Å². The Hall–Kier alpha value is -3.59. The van der Waals surface area contributed by atoms with Gasteiger partial charge < -0.3 is 14.4 Å². The van der Waals surface area contributed by atoms with Crippen LogP contribution in [0.5, 0.6) is 11.5 Å². The van der Waals surface area contributed by atoms with E-state index in [9.17, 15) is 10.4 Å². The van der Waals surface area contributed by atoms with E-state index in [-0.39, 0.29) is 5.75 Å². The van der Waals surface area contributed by atoms with Crippen molar-refractivity contribution in [3.63, 3.8) is 0 Å². The zero-order valence-electron chi connectivity index (χ0n) is 13.8. The third-order valence-corrected chi connectivity index (χ3v) is 3.78. The third kappa shape index (κ3) is 3.21. The molecule has 0 amide bonds. The SMILES string of the molecule is COc1ccc(/C=C(/C#N)c2nnc(-c3ccccc3)n2C)cc1O. The number of benzene rings is 2. The lowest BCUT2D eigenvalue weighted by Gasteiger charge is -2.05. The van der Waals surface area contributed by atoms with Crippen LogP contribution in [0.4, 0.5) is 0 Å². The molecule has 0 aliphatic heterocycles. The first kappa shape index (κ1) is 16.3. The van der Waals surface area contributed by atoms with E-state index in [4.69, 9.17) is 4.74 Å². The molecule has 6 nitrogen and oxygen atoms in total. The second-order valence-corrected chi connectivity index (χ2v) is 5.37. The molecule has 0 radical (unpaired) electrons. The minimum Gasteiger partial charge on any atom is -0.504 e. The lowest BCUT2D eigenvalue weighted by molar-refractivity contribution is 0.373. The van der Waals surface area contributed by atoms with Gasteiger partial charge in [0.2, 0.25) is 0 Å². The monoisotopic (exact) mass is 332 g/mol. The summed E-state index contributed by atoms with van der Waals surface area (Å²) >= 11 is 0. The molecule has 3 rings (SSSR count). The molecule has 2 aromatic carbocycles. The molecular weight excluding hydrogens is 316 g/mol. The van der Waals surface area contributed by atoms with Crippen LogP contribution in [0.2, 0.25) is 0 Å².